The first kappa shape index (κ1) is 13.1. The van der Waals surface area contributed by atoms with E-state index in [1.54, 1.807) is 0 Å². The van der Waals surface area contributed by atoms with Crippen LogP contribution in [0.1, 0.15) is 44.7 Å². The van der Waals surface area contributed by atoms with Crippen molar-refractivity contribution in [3.8, 4) is 0 Å². The molecule has 0 aliphatic rings. The zero-order chi connectivity index (χ0) is 13.0. The third-order valence-corrected chi connectivity index (χ3v) is 3.78. The van der Waals surface area contributed by atoms with Crippen LogP contribution in [0.4, 0.5) is 0 Å². The second-order valence-corrected chi connectivity index (χ2v) is 5.25. The number of benzene rings is 2. The van der Waals surface area contributed by atoms with Crippen LogP contribution in [0.3, 0.4) is 0 Å². The maximum atomic E-state index is 6.37. The van der Waals surface area contributed by atoms with Crippen molar-refractivity contribution in [3.63, 3.8) is 0 Å². The lowest BCUT2D eigenvalue weighted by atomic mass is 9.90. The van der Waals surface area contributed by atoms with Crippen molar-refractivity contribution in [2.75, 3.05) is 0 Å². The lowest BCUT2D eigenvalue weighted by Crippen LogP contribution is -2.19. The van der Waals surface area contributed by atoms with Crippen LogP contribution in [0, 0.1) is 5.92 Å². The highest BCUT2D eigenvalue weighted by Crippen LogP contribution is 2.26. The molecule has 0 saturated heterocycles. The molecule has 0 saturated carbocycles. The smallest absolute Gasteiger partial charge is 0.0321 e. The average Bonchev–Trinajstić information content (AvgIpc) is 2.43. The summed E-state index contributed by atoms with van der Waals surface area (Å²) in [6, 6.07) is 15.2. The van der Waals surface area contributed by atoms with Gasteiger partial charge in [0.15, 0.2) is 0 Å². The molecule has 18 heavy (non-hydrogen) atoms. The van der Waals surface area contributed by atoms with Crippen LogP contribution in [-0.2, 0) is 0 Å². The average molecular weight is 241 g/mol. The molecule has 2 aromatic rings. The van der Waals surface area contributed by atoms with Crippen LogP contribution in [0.5, 0.6) is 0 Å². The minimum atomic E-state index is 0.154. The fraction of sp³-hybridized carbons (Fsp3) is 0.412. The third-order valence-electron chi connectivity index (χ3n) is 3.78. The van der Waals surface area contributed by atoms with Crippen molar-refractivity contribution in [1.82, 2.24) is 0 Å². The van der Waals surface area contributed by atoms with E-state index >= 15 is 0 Å². The topological polar surface area (TPSA) is 26.0 Å². The highest BCUT2D eigenvalue weighted by atomic mass is 14.6. The van der Waals surface area contributed by atoms with Gasteiger partial charge in [-0.2, -0.15) is 0 Å². The van der Waals surface area contributed by atoms with Crippen LogP contribution >= 0.6 is 0 Å². The van der Waals surface area contributed by atoms with E-state index in [-0.39, 0.29) is 6.04 Å². The van der Waals surface area contributed by atoms with E-state index in [1.165, 1.54) is 35.6 Å². The summed E-state index contributed by atoms with van der Waals surface area (Å²) >= 11 is 0. The number of hydrogen-bond acceptors (Lipinski definition) is 1. The lowest BCUT2D eigenvalue weighted by Gasteiger charge is -2.20. The van der Waals surface area contributed by atoms with E-state index in [1.807, 2.05) is 0 Å². The zero-order valence-electron chi connectivity index (χ0n) is 11.4. The summed E-state index contributed by atoms with van der Waals surface area (Å²) in [5, 5.41) is 2.57. The molecular weight excluding hydrogens is 218 g/mol. The molecule has 0 aliphatic carbocycles. The number of rotatable bonds is 5. The summed E-state index contributed by atoms with van der Waals surface area (Å²) < 4.78 is 0. The lowest BCUT2D eigenvalue weighted by molar-refractivity contribution is 0.423. The number of fused-ring (bicyclic) bond motifs is 1. The van der Waals surface area contributed by atoms with E-state index in [2.05, 4.69) is 56.3 Å². The van der Waals surface area contributed by atoms with Crippen LogP contribution in [0.15, 0.2) is 42.5 Å². The maximum absolute atomic E-state index is 6.37. The quantitative estimate of drug-likeness (QED) is 0.809. The summed E-state index contributed by atoms with van der Waals surface area (Å²) in [5.74, 6) is 0.547. The SMILES string of the molecule is CCCCC(C)[C@H](N)c1ccc2ccccc2c1. The highest BCUT2D eigenvalue weighted by Gasteiger charge is 2.14. The molecule has 0 fully saturated rings. The van der Waals surface area contributed by atoms with Gasteiger partial charge in [0.25, 0.3) is 0 Å². The summed E-state index contributed by atoms with van der Waals surface area (Å²) in [6.07, 6.45) is 3.72. The Kier molecular flexibility index (Phi) is 4.38. The van der Waals surface area contributed by atoms with Gasteiger partial charge in [0.05, 0.1) is 0 Å². The number of unbranched alkanes of at least 4 members (excludes halogenated alkanes) is 1. The molecule has 0 aromatic heterocycles. The predicted octanol–water partition coefficient (Wildman–Crippen LogP) is 4.67. The molecule has 0 bridgehead atoms. The molecule has 1 nitrogen and oxygen atoms in total. The highest BCUT2D eigenvalue weighted by molar-refractivity contribution is 5.83. The van der Waals surface area contributed by atoms with E-state index in [9.17, 15) is 0 Å². The van der Waals surface area contributed by atoms with Gasteiger partial charge in [-0.05, 0) is 34.7 Å². The van der Waals surface area contributed by atoms with Gasteiger partial charge >= 0.3 is 0 Å². The molecule has 0 spiro atoms. The van der Waals surface area contributed by atoms with Gasteiger partial charge in [0.2, 0.25) is 0 Å². The Bertz CT molecular complexity index is 504. The van der Waals surface area contributed by atoms with E-state index in [0.717, 1.165) is 0 Å². The molecule has 0 radical (unpaired) electrons. The van der Waals surface area contributed by atoms with Crippen molar-refractivity contribution in [3.05, 3.63) is 48.0 Å². The van der Waals surface area contributed by atoms with Crippen LogP contribution in [-0.4, -0.2) is 0 Å². The zero-order valence-corrected chi connectivity index (χ0v) is 11.4. The third kappa shape index (κ3) is 2.91. The molecule has 96 valence electrons. The van der Waals surface area contributed by atoms with E-state index < -0.39 is 0 Å². The second kappa shape index (κ2) is 6.01. The van der Waals surface area contributed by atoms with Gasteiger partial charge in [-0.25, -0.2) is 0 Å². The van der Waals surface area contributed by atoms with Crippen molar-refractivity contribution in [2.24, 2.45) is 11.7 Å². The first-order chi connectivity index (χ1) is 8.72. The predicted molar refractivity (Wildman–Crippen MR) is 79.6 cm³/mol. The Morgan fingerprint density at radius 1 is 1.06 bits per heavy atom. The molecule has 2 N–H and O–H groups in total. The van der Waals surface area contributed by atoms with Gasteiger partial charge in [-0.15, -0.1) is 0 Å². The molecule has 1 unspecified atom stereocenters. The summed E-state index contributed by atoms with van der Waals surface area (Å²) in [7, 11) is 0. The van der Waals surface area contributed by atoms with Gasteiger partial charge in [-0.1, -0.05) is 63.1 Å². The Morgan fingerprint density at radius 3 is 2.50 bits per heavy atom. The molecule has 0 heterocycles. The summed E-state index contributed by atoms with van der Waals surface area (Å²) in [6.45, 7) is 4.49. The Balaban J connectivity index is 2.19. The van der Waals surface area contributed by atoms with Gasteiger partial charge in [0.1, 0.15) is 0 Å². The first-order valence-electron chi connectivity index (χ1n) is 6.96. The Labute approximate surface area is 110 Å². The van der Waals surface area contributed by atoms with Gasteiger partial charge in [0, 0.05) is 6.04 Å². The fourth-order valence-corrected chi connectivity index (χ4v) is 2.45. The molecule has 2 rings (SSSR count). The normalized spacial score (nSPS) is 14.6. The largest absolute Gasteiger partial charge is 0.324 e. The number of hydrogen-bond donors (Lipinski definition) is 1. The maximum Gasteiger partial charge on any atom is 0.0321 e. The first-order valence-corrected chi connectivity index (χ1v) is 6.96. The van der Waals surface area contributed by atoms with Crippen LogP contribution < -0.4 is 5.73 Å². The van der Waals surface area contributed by atoms with Crippen molar-refractivity contribution in [2.45, 2.75) is 39.2 Å². The molecule has 2 aromatic carbocycles. The van der Waals surface area contributed by atoms with Crippen LogP contribution in [0.2, 0.25) is 0 Å². The van der Waals surface area contributed by atoms with E-state index in [4.69, 9.17) is 5.73 Å². The minimum Gasteiger partial charge on any atom is -0.324 e. The molecule has 1 heteroatoms. The van der Waals surface area contributed by atoms with Gasteiger partial charge < -0.3 is 5.73 Å². The molecular formula is C17H23N. The van der Waals surface area contributed by atoms with Crippen LogP contribution in [0.25, 0.3) is 10.8 Å². The summed E-state index contributed by atoms with van der Waals surface area (Å²) in [5.41, 5.74) is 7.63. The van der Waals surface area contributed by atoms with Crippen molar-refractivity contribution < 1.29 is 0 Å². The monoisotopic (exact) mass is 241 g/mol. The second-order valence-electron chi connectivity index (χ2n) is 5.25. The standard InChI is InChI=1S/C17H23N/c1-3-4-7-13(2)17(18)16-11-10-14-8-5-6-9-15(14)12-16/h5-6,8-13,17H,3-4,7,18H2,1-2H3/t13?,17-/m0/s1. The molecule has 2 atom stereocenters. The number of nitrogens with two attached hydrogens (primary N) is 1. The fourth-order valence-electron chi connectivity index (χ4n) is 2.45. The minimum absolute atomic E-state index is 0.154. The van der Waals surface area contributed by atoms with Gasteiger partial charge in [-0.3, -0.25) is 0 Å². The Hall–Kier alpha value is -1.34. The van der Waals surface area contributed by atoms with Crippen molar-refractivity contribution in [1.29, 1.82) is 0 Å². The molecule has 0 amide bonds. The van der Waals surface area contributed by atoms with E-state index in [0.29, 0.717) is 5.92 Å². The summed E-state index contributed by atoms with van der Waals surface area (Å²) in [4.78, 5) is 0. The Morgan fingerprint density at radius 2 is 1.78 bits per heavy atom. The van der Waals surface area contributed by atoms with Crippen molar-refractivity contribution >= 4 is 10.8 Å². The molecule has 0 aliphatic heterocycles.